The summed E-state index contributed by atoms with van der Waals surface area (Å²) in [6.45, 7) is 2.93. The number of nitrogens with zero attached hydrogens (tertiary/aromatic N) is 1. The Morgan fingerprint density at radius 3 is 2.36 bits per heavy atom. The third kappa shape index (κ3) is 3.32. The van der Waals surface area contributed by atoms with E-state index in [1.54, 1.807) is 0 Å². The molecule has 146 valence electrons. The third-order valence-electron chi connectivity index (χ3n) is 6.92. The molecule has 0 unspecified atom stereocenters. The first-order valence-electron chi connectivity index (χ1n) is 10.6. The van der Waals surface area contributed by atoms with E-state index in [4.69, 9.17) is 0 Å². The lowest BCUT2D eigenvalue weighted by atomic mass is 9.84. The highest BCUT2D eigenvalue weighted by molar-refractivity contribution is 7.99. The van der Waals surface area contributed by atoms with Crippen molar-refractivity contribution in [3.8, 4) is 0 Å². The van der Waals surface area contributed by atoms with Gasteiger partial charge in [0.15, 0.2) is 0 Å². The number of para-hydroxylation sites is 2. The lowest BCUT2D eigenvalue weighted by molar-refractivity contribution is -0.122. The van der Waals surface area contributed by atoms with E-state index in [-0.39, 0.29) is 5.91 Å². The molecule has 2 aromatic rings. The molecule has 1 heterocycles. The van der Waals surface area contributed by atoms with Crippen molar-refractivity contribution in [2.24, 2.45) is 17.8 Å². The minimum atomic E-state index is 0.184. The maximum atomic E-state index is 12.7. The molecule has 2 fully saturated rings. The summed E-state index contributed by atoms with van der Waals surface area (Å²) < 4.78 is 0. The van der Waals surface area contributed by atoms with Crippen molar-refractivity contribution >= 4 is 29.0 Å². The summed E-state index contributed by atoms with van der Waals surface area (Å²) >= 11 is 1.81. The third-order valence-corrected chi connectivity index (χ3v) is 8.05. The molecule has 0 spiro atoms. The Labute approximate surface area is 171 Å². The van der Waals surface area contributed by atoms with Crippen molar-refractivity contribution in [1.82, 2.24) is 5.32 Å². The fourth-order valence-corrected chi connectivity index (χ4v) is 6.67. The van der Waals surface area contributed by atoms with E-state index in [0.717, 1.165) is 11.8 Å². The van der Waals surface area contributed by atoms with E-state index >= 15 is 0 Å². The Balaban J connectivity index is 1.26. The van der Waals surface area contributed by atoms with Gasteiger partial charge >= 0.3 is 0 Å². The van der Waals surface area contributed by atoms with Gasteiger partial charge in [0.25, 0.3) is 0 Å². The average molecular weight is 393 g/mol. The molecule has 1 amide bonds. The Kier molecular flexibility index (Phi) is 4.83. The van der Waals surface area contributed by atoms with Crippen molar-refractivity contribution in [3.63, 3.8) is 0 Å². The Bertz CT molecular complexity index is 837. The number of amides is 1. The molecule has 5 rings (SSSR count). The smallest absolute Gasteiger partial charge is 0.222 e. The summed E-state index contributed by atoms with van der Waals surface area (Å²) in [6, 6.07) is 17.3. The Hall–Kier alpha value is -1.94. The van der Waals surface area contributed by atoms with Crippen LogP contribution in [0.5, 0.6) is 0 Å². The summed E-state index contributed by atoms with van der Waals surface area (Å²) in [5, 5.41) is 3.32. The lowest BCUT2D eigenvalue weighted by Gasteiger charge is -2.33. The van der Waals surface area contributed by atoms with Crippen LogP contribution < -0.4 is 10.2 Å². The van der Waals surface area contributed by atoms with E-state index in [0.29, 0.717) is 24.9 Å². The molecular formula is C24H28N2OS. The van der Waals surface area contributed by atoms with Crippen molar-refractivity contribution in [1.29, 1.82) is 0 Å². The van der Waals surface area contributed by atoms with Gasteiger partial charge in [-0.05, 0) is 68.2 Å². The summed E-state index contributed by atoms with van der Waals surface area (Å²) in [5.41, 5.74) is 2.42. The fraction of sp³-hybridized carbons (Fsp3) is 0.458. The predicted molar refractivity (Wildman–Crippen MR) is 115 cm³/mol. The quantitative estimate of drug-likeness (QED) is 0.717. The van der Waals surface area contributed by atoms with Crippen LogP contribution in [0.1, 0.15) is 39.0 Å². The van der Waals surface area contributed by atoms with Gasteiger partial charge < -0.3 is 10.2 Å². The zero-order chi connectivity index (χ0) is 19.1. The normalized spacial score (nSPS) is 25.9. The summed E-state index contributed by atoms with van der Waals surface area (Å²) in [7, 11) is 0. The maximum Gasteiger partial charge on any atom is 0.222 e. The van der Waals surface area contributed by atoms with Crippen LogP contribution in [0.15, 0.2) is 58.3 Å². The second kappa shape index (κ2) is 7.47. The first-order chi connectivity index (χ1) is 13.7. The highest BCUT2D eigenvalue weighted by atomic mass is 32.2. The number of fused-ring (bicyclic) bond motifs is 4. The van der Waals surface area contributed by atoms with E-state index < -0.39 is 0 Å². The van der Waals surface area contributed by atoms with Crippen LogP contribution in [0, 0.1) is 17.8 Å². The largest absolute Gasteiger partial charge is 0.353 e. The van der Waals surface area contributed by atoms with Gasteiger partial charge in [0, 0.05) is 28.8 Å². The van der Waals surface area contributed by atoms with Crippen LogP contribution in [0.4, 0.5) is 11.4 Å². The second-order valence-electron chi connectivity index (χ2n) is 8.63. The molecule has 3 aliphatic rings. The van der Waals surface area contributed by atoms with Gasteiger partial charge in [0.1, 0.15) is 0 Å². The molecule has 0 saturated heterocycles. The maximum absolute atomic E-state index is 12.7. The molecule has 0 radical (unpaired) electrons. The van der Waals surface area contributed by atoms with Gasteiger partial charge in [0.2, 0.25) is 5.91 Å². The highest BCUT2D eigenvalue weighted by Gasteiger charge is 2.42. The minimum Gasteiger partial charge on any atom is -0.353 e. The average Bonchev–Trinajstić information content (AvgIpc) is 3.35. The molecule has 1 N–H and O–H groups in total. The number of hydrogen-bond acceptors (Lipinski definition) is 3. The zero-order valence-corrected chi connectivity index (χ0v) is 17.3. The molecule has 4 atom stereocenters. The molecule has 1 aliphatic heterocycles. The molecule has 4 heteroatoms. The Morgan fingerprint density at radius 1 is 1.07 bits per heavy atom. The van der Waals surface area contributed by atoms with Gasteiger partial charge in [-0.3, -0.25) is 4.79 Å². The van der Waals surface area contributed by atoms with Gasteiger partial charge in [-0.15, -0.1) is 0 Å². The van der Waals surface area contributed by atoms with Gasteiger partial charge in [-0.1, -0.05) is 42.4 Å². The van der Waals surface area contributed by atoms with Crippen molar-refractivity contribution in [3.05, 3.63) is 48.5 Å². The molecule has 0 aromatic heterocycles. The van der Waals surface area contributed by atoms with Crippen molar-refractivity contribution < 1.29 is 4.79 Å². The van der Waals surface area contributed by atoms with Crippen LogP contribution in [0.2, 0.25) is 0 Å². The van der Waals surface area contributed by atoms with E-state index in [1.165, 1.54) is 46.8 Å². The molecule has 2 saturated carbocycles. The Morgan fingerprint density at radius 2 is 1.75 bits per heavy atom. The van der Waals surface area contributed by atoms with Crippen molar-refractivity contribution in [2.45, 2.75) is 54.9 Å². The molecule has 2 bridgehead atoms. The van der Waals surface area contributed by atoms with Crippen molar-refractivity contribution in [2.75, 3.05) is 11.4 Å². The van der Waals surface area contributed by atoms with E-state index in [9.17, 15) is 4.79 Å². The predicted octanol–water partition coefficient (Wildman–Crippen LogP) is 5.62. The van der Waals surface area contributed by atoms with Gasteiger partial charge in [-0.2, -0.15) is 0 Å². The SMILES string of the molecule is C[C@H](NC(=O)CCN1c2ccccc2Sc2ccccc21)[C@@H]1C[C@H]2CC[C@@H]1C2. The topological polar surface area (TPSA) is 32.3 Å². The molecule has 2 aliphatic carbocycles. The number of rotatable bonds is 5. The summed E-state index contributed by atoms with van der Waals surface area (Å²) in [6.07, 6.45) is 6.01. The molecule has 28 heavy (non-hydrogen) atoms. The van der Waals surface area contributed by atoms with E-state index in [2.05, 4.69) is 65.7 Å². The van der Waals surface area contributed by atoms with Crippen LogP contribution in [0.3, 0.4) is 0 Å². The molecule has 3 nitrogen and oxygen atoms in total. The van der Waals surface area contributed by atoms with Gasteiger partial charge in [-0.25, -0.2) is 0 Å². The van der Waals surface area contributed by atoms with E-state index in [1.807, 2.05) is 11.8 Å². The number of carbonyl (C=O) groups is 1. The first kappa shape index (κ1) is 18.1. The van der Waals surface area contributed by atoms with Gasteiger partial charge in [0.05, 0.1) is 11.4 Å². The van der Waals surface area contributed by atoms with Crippen LogP contribution in [0.25, 0.3) is 0 Å². The monoisotopic (exact) mass is 392 g/mol. The second-order valence-corrected chi connectivity index (χ2v) is 9.72. The lowest BCUT2D eigenvalue weighted by Crippen LogP contribution is -2.41. The minimum absolute atomic E-state index is 0.184. The first-order valence-corrected chi connectivity index (χ1v) is 11.4. The van der Waals surface area contributed by atoms with Crippen LogP contribution >= 0.6 is 11.8 Å². The number of benzene rings is 2. The number of nitrogens with one attached hydrogen (secondary N) is 1. The van der Waals surface area contributed by atoms with Crippen LogP contribution in [-0.4, -0.2) is 18.5 Å². The number of anilines is 2. The zero-order valence-electron chi connectivity index (χ0n) is 16.4. The number of hydrogen-bond donors (Lipinski definition) is 1. The molecular weight excluding hydrogens is 364 g/mol. The highest BCUT2D eigenvalue weighted by Crippen LogP contribution is 2.50. The summed E-state index contributed by atoms with van der Waals surface area (Å²) in [4.78, 5) is 17.6. The fourth-order valence-electron chi connectivity index (χ4n) is 5.57. The standard InChI is InChI=1S/C24H28N2OS/c1-16(19-15-17-10-11-18(19)14-17)25-24(27)12-13-26-20-6-2-4-8-22(20)28-23-9-5-3-7-21(23)26/h2-9,16-19H,10-15H2,1H3,(H,25,27)/t16-,17-,18+,19-/m0/s1. The molecule has 2 aromatic carbocycles. The van der Waals surface area contributed by atoms with Crippen LogP contribution in [-0.2, 0) is 4.79 Å². The summed E-state index contributed by atoms with van der Waals surface area (Å²) in [5.74, 6) is 2.64. The number of carbonyl (C=O) groups excluding carboxylic acids is 1.